The van der Waals surface area contributed by atoms with Gasteiger partial charge in [0.1, 0.15) is 5.76 Å². The third-order valence-electron chi connectivity index (χ3n) is 2.92. The normalized spacial score (nSPS) is 19.8. The lowest BCUT2D eigenvalue weighted by molar-refractivity contribution is -0.115. The predicted molar refractivity (Wildman–Crippen MR) is 68.1 cm³/mol. The van der Waals surface area contributed by atoms with Crippen molar-refractivity contribution in [1.29, 1.82) is 0 Å². The molecular formula is C13H14ClNO2. The highest BCUT2D eigenvalue weighted by Crippen LogP contribution is 2.33. The van der Waals surface area contributed by atoms with Crippen LogP contribution in [0.2, 0.25) is 5.02 Å². The summed E-state index contributed by atoms with van der Waals surface area (Å²) in [5, 5.41) is 13.1. The van der Waals surface area contributed by atoms with E-state index >= 15 is 0 Å². The number of carbonyl (C=O) groups is 1. The molecule has 1 aromatic rings. The Morgan fingerprint density at radius 3 is 2.47 bits per heavy atom. The molecule has 1 aliphatic heterocycles. The highest BCUT2D eigenvalue weighted by molar-refractivity contribution is 6.35. The van der Waals surface area contributed by atoms with Gasteiger partial charge in [-0.1, -0.05) is 17.7 Å². The van der Waals surface area contributed by atoms with E-state index in [2.05, 4.69) is 5.32 Å². The second-order valence-electron chi connectivity index (χ2n) is 4.39. The molecule has 1 aliphatic rings. The van der Waals surface area contributed by atoms with Crippen LogP contribution in [0.1, 0.15) is 23.6 Å². The Kier molecular flexibility index (Phi) is 2.87. The Hall–Kier alpha value is -1.48. The van der Waals surface area contributed by atoms with Gasteiger partial charge in [-0.15, -0.1) is 0 Å². The number of hydrogen-bond donors (Lipinski definition) is 2. The fourth-order valence-electron chi connectivity index (χ4n) is 2.14. The van der Waals surface area contributed by atoms with Crippen LogP contribution in [0.25, 0.3) is 5.57 Å². The van der Waals surface area contributed by atoms with Crippen LogP contribution in [0, 0.1) is 13.8 Å². The molecule has 0 saturated heterocycles. The molecule has 90 valence electrons. The molecule has 1 aromatic carbocycles. The van der Waals surface area contributed by atoms with E-state index in [4.69, 9.17) is 11.6 Å². The van der Waals surface area contributed by atoms with Crippen molar-refractivity contribution in [1.82, 2.24) is 5.32 Å². The van der Waals surface area contributed by atoms with Gasteiger partial charge in [-0.3, -0.25) is 4.79 Å². The van der Waals surface area contributed by atoms with Crippen molar-refractivity contribution in [3.8, 4) is 0 Å². The molecule has 0 aromatic heterocycles. The number of aryl methyl sites for hydroxylation is 2. The number of aliphatic hydroxyl groups is 1. The Morgan fingerprint density at radius 2 is 2.00 bits per heavy atom. The molecular weight excluding hydrogens is 238 g/mol. The summed E-state index contributed by atoms with van der Waals surface area (Å²) in [6.45, 7) is 5.55. The zero-order valence-corrected chi connectivity index (χ0v) is 10.7. The molecule has 0 spiro atoms. The average Bonchev–Trinajstić information content (AvgIpc) is 2.43. The second-order valence-corrected chi connectivity index (χ2v) is 4.80. The topological polar surface area (TPSA) is 49.3 Å². The van der Waals surface area contributed by atoms with E-state index in [1.807, 2.05) is 19.9 Å². The second kappa shape index (κ2) is 4.08. The van der Waals surface area contributed by atoms with Crippen LogP contribution in [-0.4, -0.2) is 17.1 Å². The van der Waals surface area contributed by atoms with Gasteiger partial charge in [0.05, 0.1) is 11.6 Å². The van der Waals surface area contributed by atoms with Crippen LogP contribution >= 0.6 is 11.6 Å². The summed E-state index contributed by atoms with van der Waals surface area (Å²) >= 11 is 6.17. The van der Waals surface area contributed by atoms with Crippen molar-refractivity contribution in [2.45, 2.75) is 26.8 Å². The lowest BCUT2D eigenvalue weighted by atomic mass is 9.97. The highest BCUT2D eigenvalue weighted by Gasteiger charge is 2.31. The largest absolute Gasteiger partial charge is 0.509 e. The predicted octanol–water partition coefficient (Wildman–Crippen LogP) is 2.74. The Morgan fingerprint density at radius 1 is 1.35 bits per heavy atom. The van der Waals surface area contributed by atoms with E-state index in [1.165, 1.54) is 0 Å². The third kappa shape index (κ3) is 1.91. The zero-order valence-electron chi connectivity index (χ0n) is 9.97. The molecule has 0 radical (unpaired) electrons. The molecule has 1 heterocycles. The minimum atomic E-state index is -0.353. The number of halogens is 1. The molecule has 2 N–H and O–H groups in total. The van der Waals surface area contributed by atoms with E-state index in [1.54, 1.807) is 13.0 Å². The van der Waals surface area contributed by atoms with Crippen LogP contribution in [0.3, 0.4) is 0 Å². The number of nitrogens with one attached hydrogen (secondary N) is 1. The number of rotatable bonds is 1. The SMILES string of the molecule is Cc1cc(C)c(C2=C(O)C(C)NC2=O)c(Cl)c1. The smallest absolute Gasteiger partial charge is 0.256 e. The van der Waals surface area contributed by atoms with Gasteiger partial charge in [0.25, 0.3) is 5.91 Å². The minimum Gasteiger partial charge on any atom is -0.509 e. The molecule has 4 heteroatoms. The number of aliphatic hydroxyl groups excluding tert-OH is 1. The van der Waals surface area contributed by atoms with Crippen molar-refractivity contribution < 1.29 is 9.90 Å². The van der Waals surface area contributed by atoms with Gasteiger partial charge in [0.2, 0.25) is 0 Å². The monoisotopic (exact) mass is 251 g/mol. The Balaban J connectivity index is 2.67. The fraction of sp³-hybridized carbons (Fsp3) is 0.308. The van der Waals surface area contributed by atoms with Crippen LogP contribution in [0.4, 0.5) is 0 Å². The van der Waals surface area contributed by atoms with E-state index in [-0.39, 0.29) is 17.7 Å². The fourth-order valence-corrected chi connectivity index (χ4v) is 2.56. The summed E-state index contributed by atoms with van der Waals surface area (Å²) in [6.07, 6.45) is 0. The summed E-state index contributed by atoms with van der Waals surface area (Å²) < 4.78 is 0. The average molecular weight is 252 g/mol. The summed E-state index contributed by atoms with van der Waals surface area (Å²) in [4.78, 5) is 11.8. The molecule has 3 nitrogen and oxygen atoms in total. The standard InChI is InChI=1S/C13H14ClNO2/c1-6-4-7(2)10(9(14)5-6)11-12(16)8(3)15-13(11)17/h4-5,8,16H,1-3H3,(H,15,17). The summed E-state index contributed by atoms with van der Waals surface area (Å²) in [5.41, 5.74) is 2.83. The summed E-state index contributed by atoms with van der Waals surface area (Å²) in [6, 6.07) is 3.38. The first-order chi connectivity index (χ1) is 7.91. The molecule has 1 unspecified atom stereocenters. The van der Waals surface area contributed by atoms with Crippen LogP contribution in [0.5, 0.6) is 0 Å². The quantitative estimate of drug-likeness (QED) is 0.806. The van der Waals surface area contributed by atoms with E-state index in [0.717, 1.165) is 11.1 Å². The summed E-state index contributed by atoms with van der Waals surface area (Å²) in [5.74, 6) is -0.215. The van der Waals surface area contributed by atoms with Crippen molar-refractivity contribution >= 4 is 23.1 Å². The third-order valence-corrected chi connectivity index (χ3v) is 3.22. The molecule has 0 bridgehead atoms. The highest BCUT2D eigenvalue weighted by atomic mass is 35.5. The number of hydrogen-bond acceptors (Lipinski definition) is 2. The van der Waals surface area contributed by atoms with E-state index in [0.29, 0.717) is 16.2 Å². The number of carbonyl (C=O) groups excluding carboxylic acids is 1. The van der Waals surface area contributed by atoms with Crippen LogP contribution in [-0.2, 0) is 4.79 Å². The first-order valence-corrected chi connectivity index (χ1v) is 5.80. The molecule has 2 rings (SSSR count). The Labute approximate surface area is 105 Å². The lowest BCUT2D eigenvalue weighted by Crippen LogP contribution is -2.25. The van der Waals surface area contributed by atoms with Crippen LogP contribution in [0.15, 0.2) is 17.9 Å². The van der Waals surface area contributed by atoms with Gasteiger partial charge < -0.3 is 10.4 Å². The zero-order chi connectivity index (χ0) is 12.7. The van der Waals surface area contributed by atoms with Gasteiger partial charge in [0, 0.05) is 10.6 Å². The van der Waals surface area contributed by atoms with Gasteiger partial charge in [-0.05, 0) is 38.0 Å². The number of benzene rings is 1. The summed E-state index contributed by atoms with van der Waals surface area (Å²) in [7, 11) is 0. The molecule has 17 heavy (non-hydrogen) atoms. The first-order valence-electron chi connectivity index (χ1n) is 5.43. The first kappa shape index (κ1) is 12.0. The maximum Gasteiger partial charge on any atom is 0.256 e. The maximum atomic E-state index is 11.8. The maximum absolute atomic E-state index is 11.8. The molecule has 0 fully saturated rings. The van der Waals surface area contributed by atoms with Crippen molar-refractivity contribution in [2.24, 2.45) is 0 Å². The van der Waals surface area contributed by atoms with Gasteiger partial charge >= 0.3 is 0 Å². The number of amides is 1. The Bertz CT molecular complexity index is 511. The lowest BCUT2D eigenvalue weighted by Gasteiger charge is -2.10. The molecule has 1 amide bonds. The van der Waals surface area contributed by atoms with Crippen molar-refractivity contribution in [3.63, 3.8) is 0 Å². The van der Waals surface area contributed by atoms with Crippen molar-refractivity contribution in [3.05, 3.63) is 39.6 Å². The minimum absolute atomic E-state index is 0.0591. The van der Waals surface area contributed by atoms with Gasteiger partial charge in [-0.25, -0.2) is 0 Å². The van der Waals surface area contributed by atoms with Crippen LogP contribution < -0.4 is 5.32 Å². The molecule has 0 aliphatic carbocycles. The van der Waals surface area contributed by atoms with Crippen molar-refractivity contribution in [2.75, 3.05) is 0 Å². The molecule has 1 atom stereocenters. The van der Waals surface area contributed by atoms with E-state index in [9.17, 15) is 9.90 Å². The van der Waals surface area contributed by atoms with Gasteiger partial charge in [-0.2, -0.15) is 0 Å². The molecule has 0 saturated carbocycles. The van der Waals surface area contributed by atoms with E-state index < -0.39 is 0 Å². The van der Waals surface area contributed by atoms with Gasteiger partial charge in [0.15, 0.2) is 0 Å².